The lowest BCUT2D eigenvalue weighted by atomic mass is 10.1. The van der Waals surface area contributed by atoms with Gasteiger partial charge in [0.05, 0.1) is 11.7 Å². The van der Waals surface area contributed by atoms with Crippen LogP contribution in [0.3, 0.4) is 0 Å². The fourth-order valence-corrected chi connectivity index (χ4v) is 3.16. The maximum absolute atomic E-state index is 4.71. The van der Waals surface area contributed by atoms with Gasteiger partial charge < -0.3 is 10.2 Å². The number of nitrogens with zero attached hydrogens (tertiary/aromatic N) is 2. The molecule has 0 saturated carbocycles. The minimum Gasteiger partial charge on any atom is -0.378 e. The minimum absolute atomic E-state index is 0.189. The van der Waals surface area contributed by atoms with E-state index in [0.717, 1.165) is 17.2 Å². The van der Waals surface area contributed by atoms with Gasteiger partial charge in [-0.2, -0.15) is 0 Å². The molecule has 0 amide bonds. The van der Waals surface area contributed by atoms with Crippen LogP contribution >= 0.6 is 11.3 Å². The van der Waals surface area contributed by atoms with Crippen molar-refractivity contribution in [2.24, 2.45) is 0 Å². The van der Waals surface area contributed by atoms with Crippen LogP contribution in [0.4, 0.5) is 5.69 Å². The number of anilines is 1. The maximum Gasteiger partial charge on any atom is 0.115 e. The smallest absolute Gasteiger partial charge is 0.115 e. The zero-order valence-corrected chi connectivity index (χ0v) is 13.7. The zero-order valence-electron chi connectivity index (χ0n) is 12.9. The number of thiazole rings is 1. The van der Waals surface area contributed by atoms with E-state index in [1.807, 2.05) is 0 Å². The summed E-state index contributed by atoms with van der Waals surface area (Å²) in [4.78, 5) is 8.12. The highest BCUT2D eigenvalue weighted by molar-refractivity contribution is 7.11. The molecule has 0 aliphatic heterocycles. The molecular formula is C16H23N3S. The molecular weight excluding hydrogens is 266 g/mol. The molecule has 2 rings (SSSR count). The van der Waals surface area contributed by atoms with E-state index in [4.69, 9.17) is 4.98 Å². The second-order valence-electron chi connectivity index (χ2n) is 5.17. The van der Waals surface area contributed by atoms with E-state index < -0.39 is 0 Å². The van der Waals surface area contributed by atoms with Crippen molar-refractivity contribution in [2.45, 2.75) is 26.8 Å². The van der Waals surface area contributed by atoms with Crippen molar-refractivity contribution in [2.75, 3.05) is 25.5 Å². The first kappa shape index (κ1) is 15.0. The molecule has 1 aromatic carbocycles. The Bertz CT molecular complexity index is 538. The monoisotopic (exact) mass is 289 g/mol. The Morgan fingerprint density at radius 2 is 1.85 bits per heavy atom. The molecule has 1 heterocycles. The van der Waals surface area contributed by atoms with Crippen LogP contribution in [0.5, 0.6) is 0 Å². The number of hydrogen-bond donors (Lipinski definition) is 1. The van der Waals surface area contributed by atoms with E-state index in [1.165, 1.54) is 16.1 Å². The summed E-state index contributed by atoms with van der Waals surface area (Å²) < 4.78 is 0. The lowest BCUT2D eigenvalue weighted by Gasteiger charge is -2.18. The topological polar surface area (TPSA) is 28.2 Å². The van der Waals surface area contributed by atoms with Crippen molar-refractivity contribution >= 4 is 17.0 Å². The van der Waals surface area contributed by atoms with Gasteiger partial charge >= 0.3 is 0 Å². The summed E-state index contributed by atoms with van der Waals surface area (Å²) in [5.74, 6) is 0. The highest BCUT2D eigenvalue weighted by Crippen LogP contribution is 2.28. The maximum atomic E-state index is 4.71. The first-order valence-corrected chi connectivity index (χ1v) is 7.79. The van der Waals surface area contributed by atoms with E-state index in [2.05, 4.69) is 69.3 Å². The molecule has 0 fully saturated rings. The van der Waals surface area contributed by atoms with Crippen LogP contribution < -0.4 is 10.2 Å². The predicted octanol–water partition coefficient (Wildman–Crippen LogP) is 3.52. The number of rotatable bonds is 5. The minimum atomic E-state index is 0.189. The van der Waals surface area contributed by atoms with Gasteiger partial charge in [-0.05, 0) is 38.1 Å². The Balaban J connectivity index is 2.32. The van der Waals surface area contributed by atoms with Crippen molar-refractivity contribution in [3.63, 3.8) is 0 Å². The highest BCUT2D eigenvalue weighted by atomic mass is 32.1. The Morgan fingerprint density at radius 3 is 2.30 bits per heavy atom. The van der Waals surface area contributed by atoms with Crippen LogP contribution in [0.15, 0.2) is 24.3 Å². The van der Waals surface area contributed by atoms with Crippen molar-refractivity contribution in [1.29, 1.82) is 0 Å². The third-order valence-electron chi connectivity index (χ3n) is 3.44. The van der Waals surface area contributed by atoms with Gasteiger partial charge in [0.1, 0.15) is 5.01 Å². The van der Waals surface area contributed by atoms with Crippen LogP contribution in [-0.2, 0) is 0 Å². The standard InChI is InChI=1S/C16H23N3S/c1-6-17-15(16-18-11(2)12(3)20-16)13-7-9-14(10-8-13)19(4)5/h7-10,15,17H,6H2,1-5H3. The number of hydrogen-bond acceptors (Lipinski definition) is 4. The fourth-order valence-electron chi connectivity index (χ4n) is 2.14. The molecule has 0 radical (unpaired) electrons. The molecule has 2 aromatic rings. The third kappa shape index (κ3) is 3.19. The number of aryl methyl sites for hydroxylation is 2. The molecule has 1 N–H and O–H groups in total. The summed E-state index contributed by atoms with van der Waals surface area (Å²) in [7, 11) is 4.12. The summed E-state index contributed by atoms with van der Waals surface area (Å²) in [5, 5.41) is 4.69. The lowest BCUT2D eigenvalue weighted by molar-refractivity contribution is 0.626. The van der Waals surface area contributed by atoms with Crippen molar-refractivity contribution in [3.05, 3.63) is 45.4 Å². The normalized spacial score (nSPS) is 12.4. The zero-order chi connectivity index (χ0) is 14.7. The van der Waals surface area contributed by atoms with Gasteiger partial charge in [0, 0.05) is 24.7 Å². The summed E-state index contributed by atoms with van der Waals surface area (Å²) in [6, 6.07) is 8.89. The molecule has 1 unspecified atom stereocenters. The Hall–Kier alpha value is -1.39. The quantitative estimate of drug-likeness (QED) is 0.913. The van der Waals surface area contributed by atoms with Crippen molar-refractivity contribution in [1.82, 2.24) is 10.3 Å². The molecule has 3 nitrogen and oxygen atoms in total. The lowest BCUT2D eigenvalue weighted by Crippen LogP contribution is -2.22. The van der Waals surface area contributed by atoms with Crippen molar-refractivity contribution < 1.29 is 0 Å². The van der Waals surface area contributed by atoms with E-state index in [9.17, 15) is 0 Å². The van der Waals surface area contributed by atoms with Crippen LogP contribution in [0.2, 0.25) is 0 Å². The number of nitrogens with one attached hydrogen (secondary N) is 1. The van der Waals surface area contributed by atoms with Crippen LogP contribution in [-0.4, -0.2) is 25.6 Å². The molecule has 1 atom stereocenters. The second kappa shape index (κ2) is 6.37. The van der Waals surface area contributed by atoms with Gasteiger partial charge in [0.15, 0.2) is 0 Å². The first-order valence-electron chi connectivity index (χ1n) is 6.97. The SMILES string of the molecule is CCNC(c1ccc(N(C)C)cc1)c1nc(C)c(C)s1. The van der Waals surface area contributed by atoms with Gasteiger partial charge in [0.2, 0.25) is 0 Å². The second-order valence-corrected chi connectivity index (χ2v) is 6.41. The Labute approximate surface area is 125 Å². The largest absolute Gasteiger partial charge is 0.378 e. The molecule has 0 aliphatic carbocycles. The highest BCUT2D eigenvalue weighted by Gasteiger charge is 2.17. The first-order chi connectivity index (χ1) is 9.52. The van der Waals surface area contributed by atoms with Crippen LogP contribution in [0, 0.1) is 13.8 Å². The summed E-state index contributed by atoms with van der Waals surface area (Å²) in [5.41, 5.74) is 3.62. The number of aromatic nitrogens is 1. The van der Waals surface area contributed by atoms with Gasteiger partial charge in [0.25, 0.3) is 0 Å². The predicted molar refractivity (Wildman–Crippen MR) is 87.9 cm³/mol. The van der Waals surface area contributed by atoms with Crippen LogP contribution in [0.1, 0.15) is 34.1 Å². The van der Waals surface area contributed by atoms with Crippen molar-refractivity contribution in [3.8, 4) is 0 Å². The van der Waals surface area contributed by atoms with E-state index in [-0.39, 0.29) is 6.04 Å². The van der Waals surface area contributed by atoms with E-state index in [0.29, 0.717) is 0 Å². The van der Waals surface area contributed by atoms with Gasteiger partial charge in [-0.1, -0.05) is 19.1 Å². The summed E-state index contributed by atoms with van der Waals surface area (Å²) in [6.45, 7) is 7.27. The van der Waals surface area contributed by atoms with Gasteiger partial charge in [-0.15, -0.1) is 11.3 Å². The average molecular weight is 289 g/mol. The molecule has 4 heteroatoms. The fraction of sp³-hybridized carbons (Fsp3) is 0.438. The molecule has 0 saturated heterocycles. The molecule has 0 aliphatic rings. The molecule has 1 aromatic heterocycles. The molecule has 0 spiro atoms. The molecule has 108 valence electrons. The summed E-state index contributed by atoms with van der Waals surface area (Å²) >= 11 is 1.78. The van der Waals surface area contributed by atoms with E-state index in [1.54, 1.807) is 11.3 Å². The van der Waals surface area contributed by atoms with Gasteiger partial charge in [-0.3, -0.25) is 0 Å². The Morgan fingerprint density at radius 1 is 1.20 bits per heavy atom. The Kier molecular flexibility index (Phi) is 4.78. The molecule has 20 heavy (non-hydrogen) atoms. The van der Waals surface area contributed by atoms with E-state index >= 15 is 0 Å². The number of benzene rings is 1. The third-order valence-corrected chi connectivity index (χ3v) is 4.58. The molecule has 0 bridgehead atoms. The average Bonchev–Trinajstić information content (AvgIpc) is 2.76. The summed E-state index contributed by atoms with van der Waals surface area (Å²) in [6.07, 6.45) is 0. The van der Waals surface area contributed by atoms with Gasteiger partial charge in [-0.25, -0.2) is 4.98 Å². The van der Waals surface area contributed by atoms with Crippen LogP contribution in [0.25, 0.3) is 0 Å².